The van der Waals surface area contributed by atoms with Crippen molar-refractivity contribution in [2.75, 3.05) is 19.7 Å². The van der Waals surface area contributed by atoms with Gasteiger partial charge in [0.05, 0.1) is 12.4 Å². The van der Waals surface area contributed by atoms with E-state index in [-0.39, 0.29) is 0 Å². The second kappa shape index (κ2) is 5.01. The molecule has 0 aromatic heterocycles. The van der Waals surface area contributed by atoms with E-state index in [1.165, 1.54) is 5.56 Å². The van der Waals surface area contributed by atoms with E-state index in [9.17, 15) is 0 Å². The van der Waals surface area contributed by atoms with Gasteiger partial charge in [-0.15, -0.1) is 0 Å². The van der Waals surface area contributed by atoms with Crippen LogP contribution in [0.3, 0.4) is 0 Å². The molecule has 3 nitrogen and oxygen atoms in total. The second-order valence-electron chi connectivity index (χ2n) is 4.20. The Labute approximate surface area is 96.5 Å². The average molecular weight is 218 g/mol. The van der Waals surface area contributed by atoms with Crippen LogP contribution >= 0.6 is 0 Å². The molecule has 86 valence electrons. The zero-order valence-corrected chi connectivity index (χ0v) is 9.70. The molecule has 1 aliphatic rings. The van der Waals surface area contributed by atoms with Crippen LogP contribution in [-0.2, 0) is 0 Å². The summed E-state index contributed by atoms with van der Waals surface area (Å²) in [7, 11) is 0. The molecule has 1 N–H and O–H groups in total. The van der Waals surface area contributed by atoms with E-state index in [0.29, 0.717) is 6.61 Å². The average Bonchev–Trinajstić information content (AvgIpc) is 2.65. The Bertz CT molecular complexity index is 376. The molecule has 0 aliphatic carbocycles. The van der Waals surface area contributed by atoms with Gasteiger partial charge >= 0.3 is 0 Å². The monoisotopic (exact) mass is 218 g/mol. The van der Waals surface area contributed by atoms with Gasteiger partial charge in [0.15, 0.2) is 0 Å². The van der Waals surface area contributed by atoms with Gasteiger partial charge in [-0.2, -0.15) is 0 Å². The highest BCUT2D eigenvalue weighted by Crippen LogP contribution is 2.13. The van der Waals surface area contributed by atoms with Crippen molar-refractivity contribution in [3.63, 3.8) is 0 Å². The molecule has 0 spiro atoms. The predicted molar refractivity (Wildman–Crippen MR) is 65.2 cm³/mol. The number of hydrogen-bond acceptors (Lipinski definition) is 2. The van der Waals surface area contributed by atoms with Crippen molar-refractivity contribution in [1.82, 2.24) is 4.90 Å². The maximum atomic E-state index is 7.69. The normalized spacial score (nSPS) is 15.6. The van der Waals surface area contributed by atoms with E-state index in [2.05, 4.69) is 17.9 Å². The number of nitrogens with one attached hydrogen (secondary N) is 1. The molecule has 0 radical (unpaired) electrons. The highest BCUT2D eigenvalue weighted by atomic mass is 16.5. The molecule has 1 heterocycles. The molecule has 1 aromatic rings. The first-order valence-corrected chi connectivity index (χ1v) is 5.77. The van der Waals surface area contributed by atoms with Crippen LogP contribution < -0.4 is 4.74 Å². The molecule has 1 saturated heterocycles. The van der Waals surface area contributed by atoms with E-state index in [4.69, 9.17) is 10.1 Å². The molecular weight excluding hydrogens is 200 g/mol. The number of rotatable bonds is 4. The molecule has 1 fully saturated rings. The zero-order valence-electron chi connectivity index (χ0n) is 9.70. The Balaban J connectivity index is 1.77. The number of hydrogen-bond donors (Lipinski definition) is 1. The van der Waals surface area contributed by atoms with Gasteiger partial charge in [-0.25, -0.2) is 0 Å². The Kier molecular flexibility index (Phi) is 3.44. The molecular formula is C13H18N2O. The first-order valence-electron chi connectivity index (χ1n) is 5.77. The third-order valence-electron chi connectivity index (χ3n) is 2.84. The van der Waals surface area contributed by atoms with Crippen molar-refractivity contribution in [2.45, 2.75) is 19.8 Å². The van der Waals surface area contributed by atoms with Crippen LogP contribution in [0.5, 0.6) is 5.75 Å². The first-order chi connectivity index (χ1) is 7.75. The number of likely N-dealkylation sites (tertiary alicyclic amines) is 1. The van der Waals surface area contributed by atoms with Crippen LogP contribution in [-0.4, -0.2) is 30.4 Å². The first kappa shape index (κ1) is 11.0. The molecule has 0 saturated carbocycles. The molecule has 2 rings (SSSR count). The van der Waals surface area contributed by atoms with Crippen LogP contribution in [0.1, 0.15) is 18.4 Å². The lowest BCUT2D eigenvalue weighted by Gasteiger charge is -2.17. The number of ether oxygens (including phenoxy) is 1. The van der Waals surface area contributed by atoms with Gasteiger partial charge in [0.25, 0.3) is 0 Å². The summed E-state index contributed by atoms with van der Waals surface area (Å²) in [5, 5.41) is 7.69. The molecule has 16 heavy (non-hydrogen) atoms. The SMILES string of the molecule is Cc1cccc(OCCN2CCCC2=N)c1. The maximum absolute atomic E-state index is 7.69. The smallest absolute Gasteiger partial charge is 0.119 e. The fraction of sp³-hybridized carbons (Fsp3) is 0.462. The molecule has 0 unspecified atom stereocenters. The predicted octanol–water partition coefficient (Wildman–Crippen LogP) is 2.45. The van der Waals surface area contributed by atoms with Crippen LogP contribution in [0.4, 0.5) is 0 Å². The minimum atomic E-state index is 0.659. The minimum absolute atomic E-state index is 0.659. The number of nitrogens with zero attached hydrogens (tertiary/aromatic N) is 1. The second-order valence-corrected chi connectivity index (χ2v) is 4.20. The highest BCUT2D eigenvalue weighted by molar-refractivity contribution is 5.80. The van der Waals surface area contributed by atoms with Gasteiger partial charge in [0, 0.05) is 13.0 Å². The largest absolute Gasteiger partial charge is 0.492 e. The van der Waals surface area contributed by atoms with Gasteiger partial charge in [-0.1, -0.05) is 12.1 Å². The van der Waals surface area contributed by atoms with Gasteiger partial charge in [-0.3, -0.25) is 5.41 Å². The van der Waals surface area contributed by atoms with E-state index < -0.39 is 0 Å². The lowest BCUT2D eigenvalue weighted by Crippen LogP contribution is -2.28. The van der Waals surface area contributed by atoms with Crippen molar-refractivity contribution in [1.29, 1.82) is 5.41 Å². The molecule has 1 aliphatic heterocycles. The van der Waals surface area contributed by atoms with Gasteiger partial charge in [0.1, 0.15) is 12.4 Å². The van der Waals surface area contributed by atoms with Crippen LogP contribution in [0.25, 0.3) is 0 Å². The summed E-state index contributed by atoms with van der Waals surface area (Å²) < 4.78 is 5.66. The lowest BCUT2D eigenvalue weighted by atomic mass is 10.2. The van der Waals surface area contributed by atoms with Crippen molar-refractivity contribution in [2.24, 2.45) is 0 Å². The summed E-state index contributed by atoms with van der Waals surface area (Å²) in [6, 6.07) is 8.07. The summed E-state index contributed by atoms with van der Waals surface area (Å²) in [6.07, 6.45) is 2.04. The van der Waals surface area contributed by atoms with Crippen molar-refractivity contribution in [3.05, 3.63) is 29.8 Å². The molecule has 0 bridgehead atoms. The quantitative estimate of drug-likeness (QED) is 0.842. The Hall–Kier alpha value is -1.51. The zero-order chi connectivity index (χ0) is 11.4. The van der Waals surface area contributed by atoms with Crippen LogP contribution in [0.15, 0.2) is 24.3 Å². The van der Waals surface area contributed by atoms with Crippen molar-refractivity contribution >= 4 is 5.84 Å². The lowest BCUT2D eigenvalue weighted by molar-refractivity contribution is 0.275. The van der Waals surface area contributed by atoms with E-state index in [1.807, 2.05) is 18.2 Å². The molecule has 1 aromatic carbocycles. The van der Waals surface area contributed by atoms with E-state index >= 15 is 0 Å². The third-order valence-corrected chi connectivity index (χ3v) is 2.84. The minimum Gasteiger partial charge on any atom is -0.492 e. The molecule has 3 heteroatoms. The molecule has 0 atom stereocenters. The van der Waals surface area contributed by atoms with Crippen LogP contribution in [0, 0.1) is 12.3 Å². The summed E-state index contributed by atoms with van der Waals surface area (Å²) >= 11 is 0. The molecule has 0 amide bonds. The third kappa shape index (κ3) is 2.75. The summed E-state index contributed by atoms with van der Waals surface area (Å²) in [5.74, 6) is 1.68. The number of amidine groups is 1. The standard InChI is InChI=1S/C13H18N2O/c1-11-4-2-5-12(10-11)16-9-8-15-7-3-6-13(15)14/h2,4-5,10,14H,3,6-9H2,1H3. The number of benzene rings is 1. The Morgan fingerprint density at radius 1 is 1.44 bits per heavy atom. The fourth-order valence-electron chi connectivity index (χ4n) is 1.96. The van der Waals surface area contributed by atoms with E-state index in [1.54, 1.807) is 0 Å². The van der Waals surface area contributed by atoms with Crippen molar-refractivity contribution in [3.8, 4) is 5.75 Å². The van der Waals surface area contributed by atoms with Gasteiger partial charge in [0.2, 0.25) is 0 Å². The number of aryl methyl sites for hydroxylation is 1. The van der Waals surface area contributed by atoms with Gasteiger partial charge in [-0.05, 0) is 31.0 Å². The Morgan fingerprint density at radius 3 is 3.00 bits per heavy atom. The highest BCUT2D eigenvalue weighted by Gasteiger charge is 2.15. The maximum Gasteiger partial charge on any atom is 0.119 e. The Morgan fingerprint density at radius 2 is 2.31 bits per heavy atom. The van der Waals surface area contributed by atoms with Gasteiger partial charge < -0.3 is 9.64 Å². The topological polar surface area (TPSA) is 36.3 Å². The fourth-order valence-corrected chi connectivity index (χ4v) is 1.96. The van der Waals surface area contributed by atoms with Crippen molar-refractivity contribution < 1.29 is 4.74 Å². The van der Waals surface area contributed by atoms with E-state index in [0.717, 1.165) is 37.5 Å². The summed E-state index contributed by atoms with van der Waals surface area (Å²) in [6.45, 7) is 4.55. The van der Waals surface area contributed by atoms with Crippen LogP contribution in [0.2, 0.25) is 0 Å². The summed E-state index contributed by atoms with van der Waals surface area (Å²) in [5.41, 5.74) is 1.21. The summed E-state index contributed by atoms with van der Waals surface area (Å²) in [4.78, 5) is 2.09.